The molecule has 0 unspecified atom stereocenters. The van der Waals surface area contributed by atoms with E-state index < -0.39 is 0 Å². The molecule has 0 bridgehead atoms. The van der Waals surface area contributed by atoms with Crippen LogP contribution in [0.4, 0.5) is 0 Å². The number of hydrogen-bond donors (Lipinski definition) is 2. The highest BCUT2D eigenvalue weighted by atomic mass is 16.2. The molecule has 124 valence electrons. The van der Waals surface area contributed by atoms with Crippen LogP contribution in [0.25, 0.3) is 0 Å². The Kier molecular flexibility index (Phi) is 5.55. The van der Waals surface area contributed by atoms with Crippen LogP contribution in [0.3, 0.4) is 0 Å². The highest BCUT2D eigenvalue weighted by Gasteiger charge is 2.23. The van der Waals surface area contributed by atoms with Crippen molar-refractivity contribution in [3.8, 4) is 0 Å². The summed E-state index contributed by atoms with van der Waals surface area (Å²) < 4.78 is 1.79. The maximum absolute atomic E-state index is 12.3. The molecule has 0 saturated carbocycles. The minimum absolute atomic E-state index is 0.00904. The van der Waals surface area contributed by atoms with Crippen molar-refractivity contribution < 1.29 is 4.79 Å². The van der Waals surface area contributed by atoms with Crippen molar-refractivity contribution >= 4 is 5.91 Å². The van der Waals surface area contributed by atoms with Crippen LogP contribution in [0.5, 0.6) is 0 Å². The second-order valence-corrected chi connectivity index (χ2v) is 6.56. The van der Waals surface area contributed by atoms with Crippen LogP contribution >= 0.6 is 0 Å². The molecule has 1 aromatic heterocycles. The van der Waals surface area contributed by atoms with Crippen molar-refractivity contribution in [1.82, 2.24) is 20.2 Å². The maximum Gasteiger partial charge on any atom is 0.242 e. The topological polar surface area (TPSA) is 59.0 Å². The van der Waals surface area contributed by atoms with Crippen molar-refractivity contribution in [1.29, 1.82) is 0 Å². The van der Waals surface area contributed by atoms with Gasteiger partial charge >= 0.3 is 0 Å². The average molecular weight is 314 g/mol. The quantitative estimate of drug-likeness (QED) is 0.826. The Balaban J connectivity index is 1.87. The lowest BCUT2D eigenvalue weighted by Crippen LogP contribution is -2.50. The molecule has 0 spiro atoms. The lowest BCUT2D eigenvalue weighted by molar-refractivity contribution is -0.124. The number of rotatable bonds is 7. The number of nitrogens with zero attached hydrogens (tertiary/aromatic N) is 2. The number of aromatic nitrogens is 2. The molecular formula is C18H26N4O. The van der Waals surface area contributed by atoms with Gasteiger partial charge in [0.05, 0.1) is 6.33 Å². The first-order valence-corrected chi connectivity index (χ1v) is 7.97. The Bertz CT molecular complexity index is 607. The fraction of sp³-hybridized carbons (Fsp3) is 0.444. The number of hydrogen-bond acceptors (Lipinski definition) is 3. The van der Waals surface area contributed by atoms with Gasteiger partial charge in [0.15, 0.2) is 0 Å². The second-order valence-electron chi connectivity index (χ2n) is 6.56. The molecule has 0 fully saturated rings. The molecule has 2 N–H and O–H groups in total. The first kappa shape index (κ1) is 17.2. The van der Waals surface area contributed by atoms with Crippen molar-refractivity contribution in [3.05, 3.63) is 54.6 Å². The van der Waals surface area contributed by atoms with Gasteiger partial charge in [0, 0.05) is 30.5 Å². The number of carbonyl (C=O) groups is 1. The monoisotopic (exact) mass is 314 g/mol. The zero-order valence-corrected chi connectivity index (χ0v) is 14.3. The predicted octanol–water partition coefficient (Wildman–Crippen LogP) is 2.69. The highest BCUT2D eigenvalue weighted by Crippen LogP contribution is 2.16. The Morgan fingerprint density at radius 1 is 1.26 bits per heavy atom. The van der Waals surface area contributed by atoms with E-state index >= 15 is 0 Å². The summed E-state index contributed by atoms with van der Waals surface area (Å²) in [5, 5.41) is 6.59. The molecule has 2 rings (SSSR count). The summed E-state index contributed by atoms with van der Waals surface area (Å²) >= 11 is 0. The fourth-order valence-corrected chi connectivity index (χ4v) is 2.55. The van der Waals surface area contributed by atoms with Crippen LogP contribution in [-0.4, -0.2) is 27.5 Å². The third kappa shape index (κ3) is 4.93. The molecule has 1 heterocycles. The van der Waals surface area contributed by atoms with E-state index in [1.54, 1.807) is 23.3 Å². The summed E-state index contributed by atoms with van der Waals surface area (Å²) in [6.07, 6.45) is 5.13. The van der Waals surface area contributed by atoms with E-state index in [1.165, 1.54) is 5.56 Å². The van der Waals surface area contributed by atoms with Crippen molar-refractivity contribution in [2.75, 3.05) is 6.54 Å². The lowest BCUT2D eigenvalue weighted by atomic mass is 10.0. The summed E-state index contributed by atoms with van der Waals surface area (Å²) in [7, 11) is 0. The number of carbonyl (C=O) groups excluding carboxylic acids is 1. The number of amides is 1. The lowest BCUT2D eigenvalue weighted by Gasteiger charge is -2.31. The minimum atomic E-state index is -0.264. The normalized spacial score (nSPS) is 14.3. The van der Waals surface area contributed by atoms with Gasteiger partial charge in [-0.3, -0.25) is 4.79 Å². The van der Waals surface area contributed by atoms with Crippen LogP contribution in [0, 0.1) is 0 Å². The Morgan fingerprint density at radius 3 is 2.57 bits per heavy atom. The molecule has 1 amide bonds. The third-order valence-corrected chi connectivity index (χ3v) is 3.96. The summed E-state index contributed by atoms with van der Waals surface area (Å²) in [5.74, 6) is -0.00904. The zero-order chi connectivity index (χ0) is 16.9. The standard InChI is InChI=1S/C18H26N4O/c1-14(16-8-6-5-7-9-16)21-18(3,4)12-20-17(23)15(2)22-11-10-19-13-22/h5-11,13-15,21H,12H2,1-4H3,(H,20,23)/t14-,15-/m1/s1. The summed E-state index contributed by atoms with van der Waals surface area (Å²) in [5.41, 5.74) is 1.03. The van der Waals surface area contributed by atoms with Crippen LogP contribution in [-0.2, 0) is 4.79 Å². The van der Waals surface area contributed by atoms with Gasteiger partial charge in [0.1, 0.15) is 6.04 Å². The molecule has 5 heteroatoms. The molecule has 1 aromatic carbocycles. The van der Waals surface area contributed by atoms with Crippen LogP contribution in [0.1, 0.15) is 45.3 Å². The zero-order valence-electron chi connectivity index (χ0n) is 14.3. The molecule has 0 saturated heterocycles. The second kappa shape index (κ2) is 7.42. The van der Waals surface area contributed by atoms with Crippen molar-refractivity contribution in [2.24, 2.45) is 0 Å². The van der Waals surface area contributed by atoms with E-state index in [1.807, 2.05) is 25.1 Å². The van der Waals surface area contributed by atoms with Gasteiger partial charge in [-0.1, -0.05) is 30.3 Å². The van der Waals surface area contributed by atoms with E-state index in [0.29, 0.717) is 6.54 Å². The highest BCUT2D eigenvalue weighted by molar-refractivity contribution is 5.79. The number of benzene rings is 1. The smallest absolute Gasteiger partial charge is 0.242 e. The van der Waals surface area contributed by atoms with Gasteiger partial charge in [-0.2, -0.15) is 0 Å². The Morgan fingerprint density at radius 2 is 1.96 bits per heavy atom. The number of imidazole rings is 1. The average Bonchev–Trinajstić information content (AvgIpc) is 3.07. The summed E-state index contributed by atoms with van der Waals surface area (Å²) in [4.78, 5) is 16.2. The van der Waals surface area contributed by atoms with E-state index in [2.05, 4.69) is 48.5 Å². The molecule has 2 aromatic rings. The summed E-state index contributed by atoms with van der Waals surface area (Å²) in [6, 6.07) is 10.2. The SMILES string of the molecule is C[C@H](C(=O)NCC(C)(C)N[C@H](C)c1ccccc1)n1ccnc1. The predicted molar refractivity (Wildman–Crippen MR) is 92.0 cm³/mol. The maximum atomic E-state index is 12.3. The van der Waals surface area contributed by atoms with Crippen LogP contribution in [0.15, 0.2) is 49.1 Å². The van der Waals surface area contributed by atoms with Crippen LogP contribution < -0.4 is 10.6 Å². The van der Waals surface area contributed by atoms with Gasteiger partial charge in [-0.25, -0.2) is 4.98 Å². The molecule has 2 atom stereocenters. The van der Waals surface area contributed by atoms with E-state index in [0.717, 1.165) is 0 Å². The molecule has 23 heavy (non-hydrogen) atoms. The molecule has 0 aliphatic carbocycles. The summed E-state index contributed by atoms with van der Waals surface area (Å²) in [6.45, 7) is 8.74. The van der Waals surface area contributed by atoms with Gasteiger partial charge in [-0.05, 0) is 33.3 Å². The largest absolute Gasteiger partial charge is 0.352 e. The molecule has 0 aliphatic rings. The van der Waals surface area contributed by atoms with E-state index in [9.17, 15) is 4.79 Å². The third-order valence-electron chi connectivity index (χ3n) is 3.96. The Labute approximate surface area is 138 Å². The van der Waals surface area contributed by atoms with Gasteiger partial charge < -0.3 is 15.2 Å². The first-order chi connectivity index (χ1) is 10.9. The molecule has 0 aliphatic heterocycles. The molecule has 0 radical (unpaired) electrons. The van der Waals surface area contributed by atoms with Crippen LogP contribution in [0.2, 0.25) is 0 Å². The number of nitrogens with one attached hydrogen (secondary N) is 2. The molecule has 5 nitrogen and oxygen atoms in total. The first-order valence-electron chi connectivity index (χ1n) is 7.97. The molecular weight excluding hydrogens is 288 g/mol. The van der Waals surface area contributed by atoms with Gasteiger partial charge in [0.2, 0.25) is 5.91 Å². The van der Waals surface area contributed by atoms with Gasteiger partial charge in [0.25, 0.3) is 0 Å². The minimum Gasteiger partial charge on any atom is -0.352 e. The van der Waals surface area contributed by atoms with Gasteiger partial charge in [-0.15, -0.1) is 0 Å². The van der Waals surface area contributed by atoms with E-state index in [4.69, 9.17) is 0 Å². The fourth-order valence-electron chi connectivity index (χ4n) is 2.55. The van der Waals surface area contributed by atoms with Crippen molar-refractivity contribution in [3.63, 3.8) is 0 Å². The van der Waals surface area contributed by atoms with Crippen molar-refractivity contribution in [2.45, 2.75) is 45.3 Å². The van der Waals surface area contributed by atoms with E-state index in [-0.39, 0.29) is 23.5 Å². The Hall–Kier alpha value is -2.14.